The van der Waals surface area contributed by atoms with Gasteiger partial charge in [-0.05, 0) is 40.1 Å². The minimum absolute atomic E-state index is 0.189. The van der Waals surface area contributed by atoms with Crippen LogP contribution >= 0.6 is 11.3 Å². The lowest BCUT2D eigenvalue weighted by Crippen LogP contribution is -2.55. The summed E-state index contributed by atoms with van der Waals surface area (Å²) >= 11 is 1.87. The molecule has 1 aromatic carbocycles. The Hall–Kier alpha value is -2.22. The van der Waals surface area contributed by atoms with Crippen molar-refractivity contribution in [1.29, 1.82) is 0 Å². The number of amides is 3. The van der Waals surface area contributed by atoms with Crippen molar-refractivity contribution in [3.63, 3.8) is 0 Å². The Balaban J connectivity index is 1.26. The number of nitrogens with zero attached hydrogens (tertiary/aromatic N) is 3. The van der Waals surface area contributed by atoms with Crippen LogP contribution in [0.25, 0.3) is 0 Å². The third-order valence-corrected chi connectivity index (χ3v) is 6.67. The molecular weight excluding hydrogens is 360 g/mol. The van der Waals surface area contributed by atoms with Crippen LogP contribution in [0.4, 0.5) is 4.79 Å². The summed E-state index contributed by atoms with van der Waals surface area (Å²) in [5.74, 6) is -0.189. The molecule has 2 aromatic rings. The Bertz CT molecular complexity index is 909. The number of thiophene rings is 1. The molecule has 0 saturated carbocycles. The standard InChI is InChI=1S/C20H22N4O2S/c25-19-4-7-24(20(26)21-19)23-12-15-2-1-14(9-17(15)13-23)10-22-6-3-18-16(11-22)5-8-27-18/h1-2,5,8-9H,3-4,6-7,10-13H2,(H,21,25,26). The summed E-state index contributed by atoms with van der Waals surface area (Å²) in [6, 6.07) is 8.63. The van der Waals surface area contributed by atoms with Crippen LogP contribution in [0.2, 0.25) is 0 Å². The van der Waals surface area contributed by atoms with Crippen molar-refractivity contribution in [2.24, 2.45) is 0 Å². The predicted molar refractivity (Wildman–Crippen MR) is 103 cm³/mol. The molecule has 3 aliphatic rings. The average Bonchev–Trinajstić information content (AvgIpc) is 3.27. The van der Waals surface area contributed by atoms with Gasteiger partial charge in [-0.1, -0.05) is 18.2 Å². The minimum atomic E-state index is -0.306. The van der Waals surface area contributed by atoms with Gasteiger partial charge in [0.2, 0.25) is 5.91 Å². The SMILES string of the molecule is O=C1CCN(N2Cc3ccc(CN4CCc5sccc5C4)cc3C2)C(=O)N1. The zero-order valence-corrected chi connectivity index (χ0v) is 15.9. The molecule has 140 valence electrons. The van der Waals surface area contributed by atoms with Crippen LogP contribution < -0.4 is 5.32 Å². The van der Waals surface area contributed by atoms with Gasteiger partial charge in [-0.3, -0.25) is 20.0 Å². The number of imide groups is 1. The maximum absolute atomic E-state index is 12.1. The molecule has 7 heteroatoms. The largest absolute Gasteiger partial charge is 0.338 e. The number of carbonyl (C=O) groups is 2. The summed E-state index contributed by atoms with van der Waals surface area (Å²) in [5, 5.41) is 8.31. The second-order valence-corrected chi connectivity index (χ2v) is 8.48. The van der Waals surface area contributed by atoms with Crippen molar-refractivity contribution in [3.8, 4) is 0 Å². The van der Waals surface area contributed by atoms with Gasteiger partial charge in [-0.25, -0.2) is 9.80 Å². The van der Waals surface area contributed by atoms with Crippen molar-refractivity contribution in [1.82, 2.24) is 20.2 Å². The molecule has 4 heterocycles. The van der Waals surface area contributed by atoms with Crippen LogP contribution in [0.15, 0.2) is 29.6 Å². The van der Waals surface area contributed by atoms with Crippen LogP contribution in [0.3, 0.4) is 0 Å². The topological polar surface area (TPSA) is 55.9 Å². The Kier molecular flexibility index (Phi) is 4.22. The van der Waals surface area contributed by atoms with Crippen LogP contribution in [-0.2, 0) is 37.4 Å². The van der Waals surface area contributed by atoms with Gasteiger partial charge >= 0.3 is 6.03 Å². The van der Waals surface area contributed by atoms with E-state index >= 15 is 0 Å². The van der Waals surface area contributed by atoms with Gasteiger partial charge in [0, 0.05) is 50.6 Å². The summed E-state index contributed by atoms with van der Waals surface area (Å²) in [5.41, 5.74) is 5.35. The number of fused-ring (bicyclic) bond motifs is 2. The molecule has 0 unspecified atom stereocenters. The van der Waals surface area contributed by atoms with E-state index in [0.717, 1.165) is 39.1 Å². The Morgan fingerprint density at radius 3 is 2.74 bits per heavy atom. The highest BCUT2D eigenvalue weighted by molar-refractivity contribution is 7.10. The highest BCUT2D eigenvalue weighted by Gasteiger charge is 2.31. The molecule has 3 aliphatic heterocycles. The van der Waals surface area contributed by atoms with E-state index in [9.17, 15) is 9.59 Å². The van der Waals surface area contributed by atoms with E-state index < -0.39 is 0 Å². The maximum Gasteiger partial charge on any atom is 0.338 e. The highest BCUT2D eigenvalue weighted by atomic mass is 32.1. The van der Waals surface area contributed by atoms with Gasteiger partial charge in [-0.15, -0.1) is 11.3 Å². The Labute approximate surface area is 162 Å². The lowest BCUT2D eigenvalue weighted by atomic mass is 10.0. The summed E-state index contributed by atoms with van der Waals surface area (Å²) < 4.78 is 0. The highest BCUT2D eigenvalue weighted by Crippen LogP contribution is 2.28. The molecule has 0 aliphatic carbocycles. The zero-order chi connectivity index (χ0) is 18.4. The first-order valence-corrected chi connectivity index (χ1v) is 10.3. The monoisotopic (exact) mass is 382 g/mol. The number of hydrogen-bond acceptors (Lipinski definition) is 5. The molecule has 0 radical (unpaired) electrons. The Morgan fingerprint density at radius 1 is 0.963 bits per heavy atom. The van der Waals surface area contributed by atoms with E-state index in [4.69, 9.17) is 0 Å². The van der Waals surface area contributed by atoms with E-state index in [1.165, 1.54) is 27.1 Å². The molecule has 6 nitrogen and oxygen atoms in total. The number of carbonyl (C=O) groups excluding carboxylic acids is 2. The van der Waals surface area contributed by atoms with E-state index in [0.29, 0.717) is 13.0 Å². The third kappa shape index (κ3) is 3.26. The summed E-state index contributed by atoms with van der Waals surface area (Å²) in [4.78, 5) is 27.5. The van der Waals surface area contributed by atoms with Crippen LogP contribution in [0, 0.1) is 0 Å². The van der Waals surface area contributed by atoms with Crippen molar-refractivity contribution in [3.05, 3.63) is 56.8 Å². The van der Waals surface area contributed by atoms with E-state index in [-0.39, 0.29) is 11.9 Å². The van der Waals surface area contributed by atoms with Crippen molar-refractivity contribution in [2.75, 3.05) is 13.1 Å². The molecule has 0 atom stereocenters. The fourth-order valence-corrected chi connectivity index (χ4v) is 5.11. The third-order valence-electron chi connectivity index (χ3n) is 5.64. The number of rotatable bonds is 3. The lowest BCUT2D eigenvalue weighted by Gasteiger charge is -2.33. The van der Waals surface area contributed by atoms with Crippen molar-refractivity contribution < 1.29 is 9.59 Å². The van der Waals surface area contributed by atoms with Crippen LogP contribution in [-0.4, -0.2) is 39.9 Å². The van der Waals surface area contributed by atoms with E-state index in [1.807, 2.05) is 16.3 Å². The quantitative estimate of drug-likeness (QED) is 0.886. The summed E-state index contributed by atoms with van der Waals surface area (Å²) in [7, 11) is 0. The van der Waals surface area contributed by atoms with Gasteiger partial charge in [0.15, 0.2) is 0 Å². The number of urea groups is 1. The van der Waals surface area contributed by atoms with Crippen molar-refractivity contribution >= 4 is 23.3 Å². The fraction of sp³-hybridized carbons (Fsp3) is 0.400. The molecule has 27 heavy (non-hydrogen) atoms. The maximum atomic E-state index is 12.1. The smallest absolute Gasteiger partial charge is 0.294 e. The van der Waals surface area contributed by atoms with E-state index in [1.54, 1.807) is 5.01 Å². The zero-order valence-electron chi connectivity index (χ0n) is 15.1. The molecule has 1 saturated heterocycles. The number of nitrogens with one attached hydrogen (secondary N) is 1. The predicted octanol–water partition coefficient (Wildman–Crippen LogP) is 2.48. The van der Waals surface area contributed by atoms with Gasteiger partial charge in [0.1, 0.15) is 0 Å². The first kappa shape index (κ1) is 16.9. The number of benzene rings is 1. The molecule has 0 spiro atoms. The molecule has 0 bridgehead atoms. The second-order valence-electron chi connectivity index (χ2n) is 7.48. The summed E-state index contributed by atoms with van der Waals surface area (Å²) in [6.07, 6.45) is 1.51. The molecule has 1 N–H and O–H groups in total. The first-order chi connectivity index (χ1) is 13.2. The lowest BCUT2D eigenvalue weighted by molar-refractivity contribution is -0.124. The second kappa shape index (κ2) is 6.74. The van der Waals surface area contributed by atoms with Gasteiger partial charge < -0.3 is 0 Å². The Morgan fingerprint density at radius 2 is 1.85 bits per heavy atom. The molecule has 1 fully saturated rings. The van der Waals surface area contributed by atoms with E-state index in [2.05, 4.69) is 39.9 Å². The molecular formula is C20H22N4O2S. The number of hydrogen-bond donors (Lipinski definition) is 1. The molecule has 5 rings (SSSR count). The van der Waals surface area contributed by atoms with Gasteiger partial charge in [0.25, 0.3) is 0 Å². The van der Waals surface area contributed by atoms with Gasteiger partial charge in [-0.2, -0.15) is 0 Å². The van der Waals surface area contributed by atoms with Crippen LogP contribution in [0.5, 0.6) is 0 Å². The molecule has 1 aromatic heterocycles. The summed E-state index contributed by atoms with van der Waals surface area (Å²) in [6.45, 7) is 5.00. The van der Waals surface area contributed by atoms with Crippen LogP contribution in [0.1, 0.15) is 33.6 Å². The normalized spacial score (nSPS) is 20.5. The fourth-order valence-electron chi connectivity index (χ4n) is 4.22. The van der Waals surface area contributed by atoms with Crippen molar-refractivity contribution in [2.45, 2.75) is 39.0 Å². The first-order valence-electron chi connectivity index (χ1n) is 9.40. The minimum Gasteiger partial charge on any atom is -0.294 e. The molecule has 3 amide bonds. The number of hydrazine groups is 1. The van der Waals surface area contributed by atoms with Gasteiger partial charge in [0.05, 0.1) is 0 Å². The average molecular weight is 382 g/mol.